The van der Waals surface area contributed by atoms with Gasteiger partial charge in [0, 0.05) is 36.2 Å². The van der Waals surface area contributed by atoms with Crippen LogP contribution in [0.5, 0.6) is 0 Å². The summed E-state index contributed by atoms with van der Waals surface area (Å²) in [5, 5.41) is 2.80. The van der Waals surface area contributed by atoms with E-state index in [9.17, 15) is 18.0 Å². The molecule has 2 aromatic rings. The third kappa shape index (κ3) is 4.77. The maximum atomic E-state index is 12.8. The van der Waals surface area contributed by atoms with Gasteiger partial charge in [-0.3, -0.25) is 9.59 Å². The normalized spacial score (nSPS) is 14.5. The van der Waals surface area contributed by atoms with E-state index in [0.29, 0.717) is 43.1 Å². The zero-order valence-electron chi connectivity index (χ0n) is 16.1. The molecule has 1 aliphatic heterocycles. The highest BCUT2D eigenvalue weighted by Gasteiger charge is 2.22. The monoisotopic (exact) mass is 436 g/mol. The number of carbonyl (C=O) groups excluding carboxylic acids is 2. The molecule has 0 saturated carbocycles. The van der Waals surface area contributed by atoms with E-state index in [1.807, 2.05) is 0 Å². The molecule has 154 valence electrons. The number of nitrogens with zero attached hydrogens (tertiary/aromatic N) is 1. The van der Waals surface area contributed by atoms with Gasteiger partial charge in [-0.2, -0.15) is 0 Å². The van der Waals surface area contributed by atoms with Crippen LogP contribution in [0.15, 0.2) is 41.3 Å². The maximum Gasteiger partial charge on any atom is 0.255 e. The Morgan fingerprint density at radius 3 is 2.48 bits per heavy atom. The van der Waals surface area contributed by atoms with Gasteiger partial charge in [-0.05, 0) is 42.8 Å². The minimum atomic E-state index is -3.57. The van der Waals surface area contributed by atoms with Crippen LogP contribution in [0, 0.1) is 6.92 Å². The van der Waals surface area contributed by atoms with Gasteiger partial charge in [0.15, 0.2) is 9.84 Å². The third-order valence-electron chi connectivity index (χ3n) is 4.70. The van der Waals surface area contributed by atoms with Gasteiger partial charge in [0.05, 0.1) is 23.1 Å². The molecule has 2 aromatic carbocycles. The molecule has 0 unspecified atom stereocenters. The molecule has 29 heavy (non-hydrogen) atoms. The van der Waals surface area contributed by atoms with E-state index < -0.39 is 15.7 Å². The smallest absolute Gasteiger partial charge is 0.255 e. The number of hydrogen-bond acceptors (Lipinski definition) is 5. The summed E-state index contributed by atoms with van der Waals surface area (Å²) < 4.78 is 29.0. The second kappa shape index (κ2) is 8.52. The number of anilines is 1. The van der Waals surface area contributed by atoms with Crippen LogP contribution in [-0.2, 0) is 14.6 Å². The van der Waals surface area contributed by atoms with Crippen molar-refractivity contribution in [1.29, 1.82) is 0 Å². The van der Waals surface area contributed by atoms with Crippen molar-refractivity contribution in [2.24, 2.45) is 0 Å². The van der Waals surface area contributed by atoms with Gasteiger partial charge in [0.2, 0.25) is 0 Å². The summed E-state index contributed by atoms with van der Waals surface area (Å²) in [4.78, 5) is 27.1. The highest BCUT2D eigenvalue weighted by atomic mass is 35.5. The predicted molar refractivity (Wildman–Crippen MR) is 110 cm³/mol. The number of benzene rings is 2. The zero-order valence-corrected chi connectivity index (χ0v) is 17.6. The molecule has 0 spiro atoms. The number of carbonyl (C=O) groups is 2. The van der Waals surface area contributed by atoms with Crippen LogP contribution in [0.1, 0.15) is 26.3 Å². The molecule has 1 aliphatic rings. The minimum Gasteiger partial charge on any atom is -0.378 e. The molecule has 1 N–H and O–H groups in total. The van der Waals surface area contributed by atoms with E-state index >= 15 is 0 Å². The summed E-state index contributed by atoms with van der Waals surface area (Å²) in [6.07, 6.45) is 1.03. The molecule has 7 nitrogen and oxygen atoms in total. The Morgan fingerprint density at radius 2 is 1.83 bits per heavy atom. The Bertz CT molecular complexity index is 1060. The van der Waals surface area contributed by atoms with Gasteiger partial charge in [-0.15, -0.1) is 0 Å². The molecule has 9 heteroatoms. The van der Waals surface area contributed by atoms with Crippen LogP contribution < -0.4 is 5.32 Å². The Morgan fingerprint density at radius 1 is 1.14 bits per heavy atom. The first-order valence-electron chi connectivity index (χ1n) is 8.96. The lowest BCUT2D eigenvalue weighted by atomic mass is 10.0. The quantitative estimate of drug-likeness (QED) is 0.795. The van der Waals surface area contributed by atoms with Crippen molar-refractivity contribution < 1.29 is 22.7 Å². The number of morpholine rings is 1. The SMILES string of the molecule is Cc1c(NC(=O)c2ccc(Cl)c(S(C)(=O)=O)c2)cccc1C(=O)N1CCOCC1. The number of ether oxygens (including phenoxy) is 1. The number of sulfone groups is 1. The first kappa shape index (κ1) is 21.3. The molecule has 3 rings (SSSR count). The van der Waals surface area contributed by atoms with Crippen LogP contribution >= 0.6 is 11.6 Å². The lowest BCUT2D eigenvalue weighted by Gasteiger charge is -2.27. The van der Waals surface area contributed by atoms with E-state index in [0.717, 1.165) is 6.26 Å². The van der Waals surface area contributed by atoms with Crippen LogP contribution in [0.4, 0.5) is 5.69 Å². The van der Waals surface area contributed by atoms with Crippen LogP contribution in [0.25, 0.3) is 0 Å². The van der Waals surface area contributed by atoms with Crippen LogP contribution in [0.3, 0.4) is 0 Å². The second-order valence-electron chi connectivity index (χ2n) is 6.75. The Kier molecular flexibility index (Phi) is 6.26. The average molecular weight is 437 g/mol. The molecule has 1 heterocycles. The fraction of sp³-hybridized carbons (Fsp3) is 0.300. The van der Waals surface area contributed by atoms with Crippen molar-refractivity contribution in [2.45, 2.75) is 11.8 Å². The summed E-state index contributed by atoms with van der Waals surface area (Å²) in [7, 11) is -3.57. The van der Waals surface area contributed by atoms with Gasteiger partial charge in [-0.1, -0.05) is 17.7 Å². The van der Waals surface area contributed by atoms with E-state index in [1.54, 1.807) is 30.0 Å². The fourth-order valence-corrected chi connectivity index (χ4v) is 4.36. The van der Waals surface area contributed by atoms with E-state index in [-0.39, 0.29) is 21.4 Å². The molecular formula is C20H21ClN2O5S. The van der Waals surface area contributed by atoms with Crippen molar-refractivity contribution in [3.63, 3.8) is 0 Å². The van der Waals surface area contributed by atoms with Crippen molar-refractivity contribution in [1.82, 2.24) is 4.90 Å². The molecule has 0 bridgehead atoms. The molecule has 0 aromatic heterocycles. The standard InChI is InChI=1S/C20H21ClN2O5S/c1-13-15(20(25)23-8-10-28-11-9-23)4-3-5-17(13)22-19(24)14-6-7-16(21)18(12-14)29(2,26)27/h3-7,12H,8-11H2,1-2H3,(H,22,24). The number of halogens is 1. The zero-order chi connectivity index (χ0) is 21.2. The molecule has 1 saturated heterocycles. The number of amides is 2. The molecule has 2 amide bonds. The summed E-state index contributed by atoms with van der Waals surface area (Å²) in [5.41, 5.74) is 1.76. The molecule has 1 fully saturated rings. The average Bonchev–Trinajstić information content (AvgIpc) is 2.69. The number of nitrogens with one attached hydrogen (secondary N) is 1. The highest BCUT2D eigenvalue weighted by Crippen LogP contribution is 2.25. The number of rotatable bonds is 4. The topological polar surface area (TPSA) is 92.8 Å². The third-order valence-corrected chi connectivity index (χ3v) is 6.28. The molecular weight excluding hydrogens is 416 g/mol. The molecule has 0 aliphatic carbocycles. The van der Waals surface area contributed by atoms with Gasteiger partial charge >= 0.3 is 0 Å². The van der Waals surface area contributed by atoms with Crippen LogP contribution in [0.2, 0.25) is 5.02 Å². The summed E-state index contributed by atoms with van der Waals surface area (Å²) >= 11 is 5.94. The van der Waals surface area contributed by atoms with Crippen molar-refractivity contribution in [3.05, 3.63) is 58.1 Å². The van der Waals surface area contributed by atoms with E-state index in [1.165, 1.54) is 18.2 Å². The molecule has 0 atom stereocenters. The lowest BCUT2D eigenvalue weighted by Crippen LogP contribution is -2.41. The Labute approximate surface area is 174 Å². The van der Waals surface area contributed by atoms with Gasteiger partial charge < -0.3 is 15.0 Å². The summed E-state index contributed by atoms with van der Waals surface area (Å²) in [5.74, 6) is -0.613. The maximum absolute atomic E-state index is 12.8. The van der Waals surface area contributed by atoms with Crippen LogP contribution in [-0.4, -0.2) is 57.7 Å². The minimum absolute atomic E-state index is 0.0540. The highest BCUT2D eigenvalue weighted by molar-refractivity contribution is 7.90. The van der Waals surface area contributed by atoms with Crippen molar-refractivity contribution in [3.8, 4) is 0 Å². The second-order valence-corrected chi connectivity index (χ2v) is 9.15. The largest absolute Gasteiger partial charge is 0.378 e. The van der Waals surface area contributed by atoms with Crippen molar-refractivity contribution >= 4 is 38.9 Å². The lowest BCUT2D eigenvalue weighted by molar-refractivity contribution is 0.0302. The van der Waals surface area contributed by atoms with E-state index in [4.69, 9.17) is 16.3 Å². The summed E-state index contributed by atoms with van der Waals surface area (Å²) in [6, 6.07) is 9.16. The van der Waals surface area contributed by atoms with Gasteiger partial charge in [-0.25, -0.2) is 8.42 Å². The first-order chi connectivity index (χ1) is 13.7. The van der Waals surface area contributed by atoms with Gasteiger partial charge in [0.25, 0.3) is 11.8 Å². The fourth-order valence-electron chi connectivity index (χ4n) is 3.06. The van der Waals surface area contributed by atoms with Gasteiger partial charge in [0.1, 0.15) is 0 Å². The Hall–Kier alpha value is -2.42. The predicted octanol–water partition coefficient (Wildman–Crippen LogP) is 2.78. The van der Waals surface area contributed by atoms with E-state index in [2.05, 4.69) is 5.32 Å². The first-order valence-corrected chi connectivity index (χ1v) is 11.2. The van der Waals surface area contributed by atoms with Crippen molar-refractivity contribution in [2.75, 3.05) is 37.9 Å². The number of hydrogen-bond donors (Lipinski definition) is 1. The summed E-state index contributed by atoms with van der Waals surface area (Å²) in [6.45, 7) is 3.80. The Balaban J connectivity index is 1.85. The molecule has 0 radical (unpaired) electrons.